The van der Waals surface area contributed by atoms with Crippen molar-refractivity contribution >= 4 is 23.0 Å². The highest BCUT2D eigenvalue weighted by molar-refractivity contribution is 7.80. The standard InChI is InChI=1S/C13H20N2S/c1-5-10-7-8-12(15-13(16)14-4)11(6-2)9(10)3/h7-8H,5-6H2,1-4H3,(H2,14,15,16). The maximum absolute atomic E-state index is 5.13. The van der Waals surface area contributed by atoms with Crippen molar-refractivity contribution in [2.24, 2.45) is 0 Å². The maximum atomic E-state index is 5.13. The molecule has 0 aromatic heterocycles. The number of rotatable bonds is 3. The van der Waals surface area contributed by atoms with Crippen LogP contribution in [0.3, 0.4) is 0 Å². The summed E-state index contributed by atoms with van der Waals surface area (Å²) in [6.07, 6.45) is 2.10. The van der Waals surface area contributed by atoms with Crippen LogP contribution in [0.25, 0.3) is 0 Å². The molecule has 88 valence electrons. The molecule has 0 saturated carbocycles. The van der Waals surface area contributed by atoms with E-state index < -0.39 is 0 Å². The van der Waals surface area contributed by atoms with Crippen molar-refractivity contribution in [2.45, 2.75) is 33.6 Å². The fourth-order valence-corrected chi connectivity index (χ4v) is 2.06. The summed E-state index contributed by atoms with van der Waals surface area (Å²) >= 11 is 5.13. The first-order valence-electron chi connectivity index (χ1n) is 5.74. The largest absolute Gasteiger partial charge is 0.366 e. The third kappa shape index (κ3) is 2.73. The lowest BCUT2D eigenvalue weighted by molar-refractivity contribution is 1.05. The molecular formula is C13H20N2S. The molecule has 0 bridgehead atoms. The van der Waals surface area contributed by atoms with E-state index in [0.29, 0.717) is 5.11 Å². The van der Waals surface area contributed by atoms with Gasteiger partial charge in [0.2, 0.25) is 0 Å². The number of nitrogens with one attached hydrogen (secondary N) is 2. The van der Waals surface area contributed by atoms with Gasteiger partial charge in [-0.05, 0) is 54.7 Å². The van der Waals surface area contributed by atoms with Crippen molar-refractivity contribution in [2.75, 3.05) is 12.4 Å². The number of hydrogen-bond donors (Lipinski definition) is 2. The second-order valence-corrected chi connectivity index (χ2v) is 4.20. The number of thiocarbonyl (C=S) groups is 1. The lowest BCUT2D eigenvalue weighted by Crippen LogP contribution is -2.25. The number of aryl methyl sites for hydroxylation is 1. The molecule has 0 heterocycles. The van der Waals surface area contributed by atoms with Crippen molar-refractivity contribution in [3.63, 3.8) is 0 Å². The van der Waals surface area contributed by atoms with Crippen LogP contribution >= 0.6 is 12.2 Å². The zero-order chi connectivity index (χ0) is 12.1. The fraction of sp³-hybridized carbons (Fsp3) is 0.462. The van der Waals surface area contributed by atoms with Crippen molar-refractivity contribution in [3.05, 3.63) is 28.8 Å². The first-order chi connectivity index (χ1) is 7.63. The average molecular weight is 236 g/mol. The van der Waals surface area contributed by atoms with Crippen LogP contribution in [0.15, 0.2) is 12.1 Å². The van der Waals surface area contributed by atoms with Crippen molar-refractivity contribution in [1.82, 2.24) is 5.32 Å². The molecule has 1 rings (SSSR count). The monoisotopic (exact) mass is 236 g/mol. The Balaban J connectivity index is 3.10. The third-order valence-electron chi connectivity index (χ3n) is 2.92. The first kappa shape index (κ1) is 13.0. The van der Waals surface area contributed by atoms with Crippen LogP contribution in [0.1, 0.15) is 30.5 Å². The first-order valence-corrected chi connectivity index (χ1v) is 6.14. The van der Waals surface area contributed by atoms with Gasteiger partial charge in [-0.25, -0.2) is 0 Å². The van der Waals surface area contributed by atoms with Gasteiger partial charge in [0.25, 0.3) is 0 Å². The van der Waals surface area contributed by atoms with Gasteiger partial charge in [-0.3, -0.25) is 0 Å². The molecule has 0 aliphatic rings. The highest BCUT2D eigenvalue weighted by Gasteiger charge is 2.08. The molecule has 0 aliphatic heterocycles. The number of benzene rings is 1. The van der Waals surface area contributed by atoms with Gasteiger partial charge in [-0.15, -0.1) is 0 Å². The van der Waals surface area contributed by atoms with E-state index in [1.807, 2.05) is 7.05 Å². The molecule has 0 radical (unpaired) electrons. The minimum Gasteiger partial charge on any atom is -0.366 e. The zero-order valence-corrected chi connectivity index (χ0v) is 11.3. The maximum Gasteiger partial charge on any atom is 0.170 e. The topological polar surface area (TPSA) is 24.1 Å². The van der Waals surface area contributed by atoms with E-state index >= 15 is 0 Å². The Labute approximate surface area is 103 Å². The van der Waals surface area contributed by atoms with E-state index in [1.54, 1.807) is 0 Å². The molecule has 3 heteroatoms. The summed E-state index contributed by atoms with van der Waals surface area (Å²) in [5, 5.41) is 6.82. The lowest BCUT2D eigenvalue weighted by atomic mass is 9.97. The second kappa shape index (κ2) is 5.85. The van der Waals surface area contributed by atoms with Gasteiger partial charge < -0.3 is 10.6 Å². The molecule has 2 nitrogen and oxygen atoms in total. The van der Waals surface area contributed by atoms with Gasteiger partial charge in [0.1, 0.15) is 0 Å². The second-order valence-electron chi connectivity index (χ2n) is 3.79. The van der Waals surface area contributed by atoms with Gasteiger partial charge in [0.15, 0.2) is 5.11 Å². The van der Waals surface area contributed by atoms with Gasteiger partial charge in [0.05, 0.1) is 0 Å². The van der Waals surface area contributed by atoms with Crippen molar-refractivity contribution in [3.8, 4) is 0 Å². The Morgan fingerprint density at radius 1 is 1.25 bits per heavy atom. The summed E-state index contributed by atoms with van der Waals surface area (Å²) in [5.41, 5.74) is 5.28. The predicted octanol–water partition coefficient (Wildman–Crippen LogP) is 3.04. The molecule has 0 aliphatic carbocycles. The third-order valence-corrected chi connectivity index (χ3v) is 3.23. The zero-order valence-electron chi connectivity index (χ0n) is 10.5. The molecule has 0 saturated heterocycles. The molecule has 2 N–H and O–H groups in total. The Hall–Kier alpha value is -1.09. The molecule has 0 spiro atoms. The fourth-order valence-electron chi connectivity index (χ4n) is 1.95. The summed E-state index contributed by atoms with van der Waals surface area (Å²) in [5.74, 6) is 0. The van der Waals surface area contributed by atoms with Gasteiger partial charge in [0, 0.05) is 12.7 Å². The lowest BCUT2D eigenvalue weighted by Gasteiger charge is -2.16. The Bertz CT molecular complexity index is 386. The minimum atomic E-state index is 0.665. The summed E-state index contributed by atoms with van der Waals surface area (Å²) < 4.78 is 0. The summed E-state index contributed by atoms with van der Waals surface area (Å²) in [6.45, 7) is 6.55. The average Bonchev–Trinajstić information content (AvgIpc) is 2.29. The van der Waals surface area contributed by atoms with Crippen LogP contribution in [0, 0.1) is 6.92 Å². The molecule has 0 amide bonds. The van der Waals surface area contributed by atoms with Crippen molar-refractivity contribution < 1.29 is 0 Å². The molecule has 0 atom stereocenters. The molecule has 16 heavy (non-hydrogen) atoms. The smallest absolute Gasteiger partial charge is 0.170 e. The summed E-state index contributed by atoms with van der Waals surface area (Å²) in [6, 6.07) is 4.30. The van der Waals surface area contributed by atoms with E-state index in [0.717, 1.165) is 18.5 Å². The van der Waals surface area contributed by atoms with E-state index in [2.05, 4.69) is 43.5 Å². The number of anilines is 1. The molecule has 0 unspecified atom stereocenters. The van der Waals surface area contributed by atoms with Crippen LogP contribution in [0.5, 0.6) is 0 Å². The van der Waals surface area contributed by atoms with Gasteiger partial charge in [-0.2, -0.15) is 0 Å². The quantitative estimate of drug-likeness (QED) is 0.789. The summed E-state index contributed by atoms with van der Waals surface area (Å²) in [7, 11) is 1.83. The van der Waals surface area contributed by atoms with E-state index in [4.69, 9.17) is 12.2 Å². The van der Waals surface area contributed by atoms with Crippen LogP contribution < -0.4 is 10.6 Å². The molecule has 0 fully saturated rings. The van der Waals surface area contributed by atoms with Crippen LogP contribution in [0.4, 0.5) is 5.69 Å². The Morgan fingerprint density at radius 3 is 2.44 bits per heavy atom. The Kier molecular flexibility index (Phi) is 4.74. The normalized spacial score (nSPS) is 10.0. The highest BCUT2D eigenvalue weighted by Crippen LogP contribution is 2.24. The molecule has 1 aromatic carbocycles. The van der Waals surface area contributed by atoms with E-state index in [9.17, 15) is 0 Å². The molecular weight excluding hydrogens is 216 g/mol. The van der Waals surface area contributed by atoms with E-state index in [1.165, 1.54) is 16.7 Å². The molecule has 1 aromatic rings. The van der Waals surface area contributed by atoms with Crippen molar-refractivity contribution in [1.29, 1.82) is 0 Å². The van der Waals surface area contributed by atoms with Gasteiger partial charge >= 0.3 is 0 Å². The van der Waals surface area contributed by atoms with Gasteiger partial charge in [-0.1, -0.05) is 19.9 Å². The summed E-state index contributed by atoms with van der Waals surface area (Å²) in [4.78, 5) is 0. The highest BCUT2D eigenvalue weighted by atomic mass is 32.1. The van der Waals surface area contributed by atoms with E-state index in [-0.39, 0.29) is 0 Å². The van der Waals surface area contributed by atoms with Crippen LogP contribution in [-0.2, 0) is 12.8 Å². The predicted molar refractivity (Wildman–Crippen MR) is 75.2 cm³/mol. The number of hydrogen-bond acceptors (Lipinski definition) is 1. The minimum absolute atomic E-state index is 0.665. The Morgan fingerprint density at radius 2 is 1.94 bits per heavy atom. The van der Waals surface area contributed by atoms with Crippen LogP contribution in [0.2, 0.25) is 0 Å². The SMILES string of the molecule is CCc1ccc(NC(=S)NC)c(CC)c1C. The van der Waals surface area contributed by atoms with Crippen LogP contribution in [-0.4, -0.2) is 12.2 Å².